The first kappa shape index (κ1) is 15.8. The van der Waals surface area contributed by atoms with Crippen molar-refractivity contribution in [2.24, 2.45) is 4.99 Å². The predicted octanol–water partition coefficient (Wildman–Crippen LogP) is 4.25. The molecule has 0 radical (unpaired) electrons. The molecule has 1 aliphatic heterocycles. The molecule has 2 aromatic carbocycles. The Hall–Kier alpha value is -2.13. The minimum atomic E-state index is -0.511. The SMILES string of the molecule is CCOC(=O)[C@H]1N=C(c2ccccc2Cl)C[C@@H]1c1ccccc1. The van der Waals surface area contributed by atoms with Gasteiger partial charge in [-0.05, 0) is 25.0 Å². The molecule has 0 N–H and O–H groups in total. The van der Waals surface area contributed by atoms with Gasteiger partial charge in [0, 0.05) is 22.2 Å². The van der Waals surface area contributed by atoms with E-state index in [0.717, 1.165) is 16.8 Å². The van der Waals surface area contributed by atoms with E-state index in [0.29, 0.717) is 18.1 Å². The molecule has 2 atom stereocenters. The van der Waals surface area contributed by atoms with Crippen LogP contribution in [0.5, 0.6) is 0 Å². The van der Waals surface area contributed by atoms with Gasteiger partial charge < -0.3 is 4.74 Å². The van der Waals surface area contributed by atoms with Crippen LogP contribution in [0.2, 0.25) is 5.02 Å². The van der Waals surface area contributed by atoms with Crippen LogP contribution in [-0.4, -0.2) is 24.3 Å². The van der Waals surface area contributed by atoms with Crippen LogP contribution < -0.4 is 0 Å². The first-order chi connectivity index (χ1) is 11.2. The average Bonchev–Trinajstić information content (AvgIpc) is 3.01. The molecule has 4 heteroatoms. The molecule has 0 saturated carbocycles. The van der Waals surface area contributed by atoms with Gasteiger partial charge in [-0.25, -0.2) is 4.79 Å². The highest BCUT2D eigenvalue weighted by Crippen LogP contribution is 2.35. The number of carbonyl (C=O) groups is 1. The van der Waals surface area contributed by atoms with Gasteiger partial charge in [0.2, 0.25) is 0 Å². The molecule has 3 rings (SSSR count). The molecule has 0 fully saturated rings. The Bertz CT molecular complexity index is 727. The van der Waals surface area contributed by atoms with Crippen LogP contribution in [0.1, 0.15) is 30.4 Å². The average molecular weight is 328 g/mol. The van der Waals surface area contributed by atoms with E-state index in [1.807, 2.05) is 61.5 Å². The monoisotopic (exact) mass is 327 g/mol. The second-order valence-corrected chi connectivity index (χ2v) is 5.88. The third-order valence-electron chi connectivity index (χ3n) is 4.03. The Balaban J connectivity index is 1.96. The van der Waals surface area contributed by atoms with Gasteiger partial charge in [-0.1, -0.05) is 60.1 Å². The summed E-state index contributed by atoms with van der Waals surface area (Å²) in [4.78, 5) is 17.0. The molecule has 118 valence electrons. The highest BCUT2D eigenvalue weighted by molar-refractivity contribution is 6.34. The Labute approximate surface area is 141 Å². The summed E-state index contributed by atoms with van der Waals surface area (Å²) in [5.74, 6) is -0.287. The van der Waals surface area contributed by atoms with E-state index in [4.69, 9.17) is 16.3 Å². The van der Waals surface area contributed by atoms with Crippen LogP contribution in [0.25, 0.3) is 0 Å². The maximum absolute atomic E-state index is 12.3. The molecule has 2 aromatic rings. The van der Waals surface area contributed by atoms with Crippen molar-refractivity contribution in [3.8, 4) is 0 Å². The lowest BCUT2D eigenvalue weighted by atomic mass is 9.89. The van der Waals surface area contributed by atoms with Crippen molar-refractivity contribution in [3.63, 3.8) is 0 Å². The van der Waals surface area contributed by atoms with Crippen LogP contribution in [0, 0.1) is 0 Å². The number of aliphatic imine (C=N–C) groups is 1. The summed E-state index contributed by atoms with van der Waals surface area (Å²) in [6, 6.07) is 17.1. The molecule has 0 saturated heterocycles. The third kappa shape index (κ3) is 3.30. The van der Waals surface area contributed by atoms with E-state index in [9.17, 15) is 4.79 Å². The maximum atomic E-state index is 12.3. The van der Waals surface area contributed by atoms with Gasteiger partial charge in [0.1, 0.15) is 0 Å². The quantitative estimate of drug-likeness (QED) is 0.787. The van der Waals surface area contributed by atoms with Crippen molar-refractivity contribution in [3.05, 3.63) is 70.7 Å². The van der Waals surface area contributed by atoms with Crippen molar-refractivity contribution in [1.82, 2.24) is 0 Å². The fourth-order valence-corrected chi connectivity index (χ4v) is 3.20. The summed E-state index contributed by atoms with van der Waals surface area (Å²) in [5, 5.41) is 0.655. The molecule has 0 amide bonds. The second kappa shape index (κ2) is 6.97. The minimum Gasteiger partial charge on any atom is -0.464 e. The lowest BCUT2D eigenvalue weighted by Gasteiger charge is -2.16. The van der Waals surface area contributed by atoms with E-state index in [-0.39, 0.29) is 11.9 Å². The Morgan fingerprint density at radius 1 is 1.17 bits per heavy atom. The van der Waals surface area contributed by atoms with Gasteiger partial charge >= 0.3 is 5.97 Å². The zero-order chi connectivity index (χ0) is 16.2. The largest absolute Gasteiger partial charge is 0.464 e. The lowest BCUT2D eigenvalue weighted by Crippen LogP contribution is -2.25. The molecule has 23 heavy (non-hydrogen) atoms. The number of carbonyl (C=O) groups excluding carboxylic acids is 1. The molecule has 1 heterocycles. The molecule has 0 aromatic heterocycles. The van der Waals surface area contributed by atoms with E-state index < -0.39 is 6.04 Å². The van der Waals surface area contributed by atoms with Gasteiger partial charge in [-0.15, -0.1) is 0 Å². The van der Waals surface area contributed by atoms with Crippen molar-refractivity contribution in [2.45, 2.75) is 25.3 Å². The van der Waals surface area contributed by atoms with Crippen molar-refractivity contribution in [1.29, 1.82) is 0 Å². The lowest BCUT2D eigenvalue weighted by molar-refractivity contribution is -0.144. The smallest absolute Gasteiger partial charge is 0.331 e. The van der Waals surface area contributed by atoms with Crippen molar-refractivity contribution >= 4 is 23.3 Å². The summed E-state index contributed by atoms with van der Waals surface area (Å²) in [6.45, 7) is 2.16. The van der Waals surface area contributed by atoms with Crippen LogP contribution in [0.3, 0.4) is 0 Å². The number of nitrogens with zero attached hydrogens (tertiary/aromatic N) is 1. The first-order valence-electron chi connectivity index (χ1n) is 7.74. The summed E-state index contributed by atoms with van der Waals surface area (Å²) < 4.78 is 5.21. The van der Waals surface area contributed by atoms with Gasteiger partial charge in [0.25, 0.3) is 0 Å². The molecule has 0 aliphatic carbocycles. The van der Waals surface area contributed by atoms with Gasteiger partial charge in [-0.2, -0.15) is 0 Å². The number of ether oxygens (including phenoxy) is 1. The normalized spacial score (nSPS) is 20.2. The zero-order valence-corrected chi connectivity index (χ0v) is 13.7. The number of esters is 1. The summed E-state index contributed by atoms with van der Waals surface area (Å²) in [6.07, 6.45) is 0.678. The van der Waals surface area contributed by atoms with Gasteiger partial charge in [0.05, 0.1) is 6.61 Å². The van der Waals surface area contributed by atoms with Crippen LogP contribution >= 0.6 is 11.6 Å². The fraction of sp³-hybridized carbons (Fsp3) is 0.263. The summed E-state index contributed by atoms with van der Waals surface area (Å²) in [5.41, 5.74) is 2.85. The molecule has 1 aliphatic rings. The molecular weight excluding hydrogens is 310 g/mol. The minimum absolute atomic E-state index is 0.0125. The Morgan fingerprint density at radius 3 is 2.57 bits per heavy atom. The number of benzene rings is 2. The van der Waals surface area contributed by atoms with Gasteiger partial charge in [-0.3, -0.25) is 4.99 Å². The number of hydrogen-bond acceptors (Lipinski definition) is 3. The molecule has 0 bridgehead atoms. The highest BCUT2D eigenvalue weighted by Gasteiger charge is 2.37. The molecular formula is C19H18ClNO2. The Morgan fingerprint density at radius 2 is 1.87 bits per heavy atom. The standard InChI is InChI=1S/C19H18ClNO2/c1-2-23-19(22)18-15(13-8-4-3-5-9-13)12-17(21-18)14-10-6-7-11-16(14)20/h3-11,15,18H,2,12H2,1H3/t15-,18+/m1/s1. The predicted molar refractivity (Wildman–Crippen MR) is 92.2 cm³/mol. The van der Waals surface area contributed by atoms with Crippen LogP contribution in [-0.2, 0) is 9.53 Å². The zero-order valence-electron chi connectivity index (χ0n) is 12.9. The van der Waals surface area contributed by atoms with Crippen LogP contribution in [0.4, 0.5) is 0 Å². The topological polar surface area (TPSA) is 38.7 Å². The number of hydrogen-bond donors (Lipinski definition) is 0. The highest BCUT2D eigenvalue weighted by atomic mass is 35.5. The molecule has 0 spiro atoms. The van der Waals surface area contributed by atoms with Crippen molar-refractivity contribution < 1.29 is 9.53 Å². The van der Waals surface area contributed by atoms with E-state index in [2.05, 4.69) is 4.99 Å². The first-order valence-corrected chi connectivity index (χ1v) is 8.11. The van der Waals surface area contributed by atoms with E-state index >= 15 is 0 Å². The van der Waals surface area contributed by atoms with Gasteiger partial charge in [0.15, 0.2) is 6.04 Å². The van der Waals surface area contributed by atoms with Crippen molar-refractivity contribution in [2.75, 3.05) is 6.61 Å². The molecule has 3 nitrogen and oxygen atoms in total. The summed E-state index contributed by atoms with van der Waals surface area (Å²) >= 11 is 6.29. The summed E-state index contributed by atoms with van der Waals surface area (Å²) in [7, 11) is 0. The fourth-order valence-electron chi connectivity index (χ4n) is 2.95. The molecule has 0 unspecified atom stereocenters. The Kier molecular flexibility index (Phi) is 4.77. The second-order valence-electron chi connectivity index (χ2n) is 5.47. The third-order valence-corrected chi connectivity index (χ3v) is 4.36. The van der Waals surface area contributed by atoms with E-state index in [1.165, 1.54) is 0 Å². The maximum Gasteiger partial charge on any atom is 0.331 e. The number of rotatable bonds is 4. The number of halogens is 1. The van der Waals surface area contributed by atoms with Crippen LogP contribution in [0.15, 0.2) is 59.6 Å². The van der Waals surface area contributed by atoms with E-state index in [1.54, 1.807) is 0 Å².